The number of hydrogen-bond donors (Lipinski definition) is 2. The van der Waals surface area contributed by atoms with Crippen LogP contribution in [0.1, 0.15) is 20.3 Å². The number of hydrogen-bond acceptors (Lipinski definition) is 6. The van der Waals surface area contributed by atoms with Crippen LogP contribution in [0.15, 0.2) is 18.2 Å². The summed E-state index contributed by atoms with van der Waals surface area (Å²) in [6.07, 6.45) is 0.850. The van der Waals surface area contributed by atoms with Gasteiger partial charge in [0, 0.05) is 36.7 Å². The van der Waals surface area contributed by atoms with Gasteiger partial charge in [0.2, 0.25) is 0 Å². The Morgan fingerprint density at radius 1 is 1.19 bits per heavy atom. The lowest BCUT2D eigenvalue weighted by Gasteiger charge is -2.08. The molecule has 0 spiro atoms. The number of tetrazole rings is 1. The smallest absolute Gasteiger partial charge is 0.182 e. The molecular weight excluding hydrogens is 268 g/mol. The van der Waals surface area contributed by atoms with E-state index in [2.05, 4.69) is 29.4 Å². The molecule has 1 heterocycles. The summed E-state index contributed by atoms with van der Waals surface area (Å²) >= 11 is 0. The maximum absolute atomic E-state index is 5.81. The predicted octanol–water partition coefficient (Wildman–Crippen LogP) is 1.57. The Kier molecular flexibility index (Phi) is 5.10. The largest absolute Gasteiger partial charge is 0.399 e. The molecule has 1 aromatic heterocycles. The van der Waals surface area contributed by atoms with Crippen LogP contribution in [0, 0.1) is 5.92 Å². The first-order valence-corrected chi connectivity index (χ1v) is 7.06. The summed E-state index contributed by atoms with van der Waals surface area (Å²) in [4.78, 5) is 0. The van der Waals surface area contributed by atoms with E-state index < -0.39 is 0 Å². The highest BCUT2D eigenvalue weighted by Gasteiger charge is 2.10. The SMILES string of the molecule is CC(C)COCCCn1nnnc1-c1cc(N)cc(N)c1. The van der Waals surface area contributed by atoms with Crippen LogP contribution in [-0.4, -0.2) is 33.4 Å². The Hall–Kier alpha value is -2.15. The van der Waals surface area contributed by atoms with E-state index in [-0.39, 0.29) is 0 Å². The second-order valence-electron chi connectivity index (χ2n) is 5.44. The molecule has 114 valence electrons. The number of nitrogens with zero attached hydrogens (tertiary/aromatic N) is 4. The van der Waals surface area contributed by atoms with Crippen molar-refractivity contribution in [2.24, 2.45) is 5.92 Å². The molecule has 0 aliphatic carbocycles. The lowest BCUT2D eigenvalue weighted by molar-refractivity contribution is 0.105. The fourth-order valence-electron chi connectivity index (χ4n) is 2.00. The van der Waals surface area contributed by atoms with Crippen molar-refractivity contribution < 1.29 is 4.74 Å². The molecule has 4 N–H and O–H groups in total. The minimum Gasteiger partial charge on any atom is -0.399 e. The molecule has 0 saturated carbocycles. The van der Waals surface area contributed by atoms with E-state index in [9.17, 15) is 0 Å². The van der Waals surface area contributed by atoms with E-state index in [1.807, 2.05) is 12.1 Å². The molecule has 0 aliphatic rings. The third kappa shape index (κ3) is 4.42. The van der Waals surface area contributed by atoms with Crippen molar-refractivity contribution in [3.63, 3.8) is 0 Å². The molecule has 0 radical (unpaired) electrons. The van der Waals surface area contributed by atoms with Crippen LogP contribution in [0.5, 0.6) is 0 Å². The lowest BCUT2D eigenvalue weighted by Crippen LogP contribution is -2.08. The minimum absolute atomic E-state index is 0.545. The molecule has 0 bridgehead atoms. The lowest BCUT2D eigenvalue weighted by atomic mass is 10.1. The number of anilines is 2. The van der Waals surface area contributed by atoms with Crippen LogP contribution < -0.4 is 11.5 Å². The maximum Gasteiger partial charge on any atom is 0.182 e. The average molecular weight is 290 g/mol. The van der Waals surface area contributed by atoms with Crippen LogP contribution in [-0.2, 0) is 11.3 Å². The maximum atomic E-state index is 5.81. The van der Waals surface area contributed by atoms with E-state index in [4.69, 9.17) is 16.2 Å². The third-order valence-electron chi connectivity index (χ3n) is 2.88. The number of aromatic nitrogens is 4. The number of nitrogens with two attached hydrogens (primary N) is 2. The van der Waals surface area contributed by atoms with Crippen molar-refractivity contribution in [2.45, 2.75) is 26.8 Å². The molecule has 7 nitrogen and oxygen atoms in total. The quantitative estimate of drug-likeness (QED) is 0.592. The van der Waals surface area contributed by atoms with E-state index in [1.165, 1.54) is 0 Å². The van der Waals surface area contributed by atoms with E-state index in [0.29, 0.717) is 36.3 Å². The van der Waals surface area contributed by atoms with Crippen LogP contribution in [0.3, 0.4) is 0 Å². The molecule has 7 heteroatoms. The molecule has 0 unspecified atom stereocenters. The molecule has 0 atom stereocenters. The monoisotopic (exact) mass is 290 g/mol. The van der Waals surface area contributed by atoms with Crippen molar-refractivity contribution in [3.05, 3.63) is 18.2 Å². The van der Waals surface area contributed by atoms with Crippen molar-refractivity contribution in [2.75, 3.05) is 24.7 Å². The summed E-state index contributed by atoms with van der Waals surface area (Å²) in [5, 5.41) is 11.8. The van der Waals surface area contributed by atoms with Gasteiger partial charge in [-0.15, -0.1) is 5.10 Å². The molecule has 2 rings (SSSR count). The van der Waals surface area contributed by atoms with Gasteiger partial charge in [-0.05, 0) is 41.0 Å². The Bertz CT molecular complexity index is 560. The van der Waals surface area contributed by atoms with Gasteiger partial charge in [-0.25, -0.2) is 4.68 Å². The highest BCUT2D eigenvalue weighted by molar-refractivity contribution is 5.67. The third-order valence-corrected chi connectivity index (χ3v) is 2.88. The number of nitrogen functional groups attached to an aromatic ring is 2. The summed E-state index contributed by atoms with van der Waals surface area (Å²) in [6, 6.07) is 5.33. The van der Waals surface area contributed by atoms with E-state index in [0.717, 1.165) is 18.6 Å². The first kappa shape index (κ1) is 15.2. The van der Waals surface area contributed by atoms with Crippen molar-refractivity contribution >= 4 is 11.4 Å². The van der Waals surface area contributed by atoms with Gasteiger partial charge in [0.15, 0.2) is 5.82 Å². The Balaban J connectivity index is 1.98. The normalized spacial score (nSPS) is 11.2. The fraction of sp³-hybridized carbons (Fsp3) is 0.500. The highest BCUT2D eigenvalue weighted by atomic mass is 16.5. The van der Waals surface area contributed by atoms with Crippen molar-refractivity contribution in [3.8, 4) is 11.4 Å². The second kappa shape index (κ2) is 7.03. The van der Waals surface area contributed by atoms with E-state index in [1.54, 1.807) is 10.7 Å². The molecule has 2 aromatic rings. The standard InChI is InChI=1S/C14H22N6O/c1-10(2)9-21-5-3-4-20-14(17-18-19-20)11-6-12(15)8-13(16)7-11/h6-8,10H,3-5,9,15-16H2,1-2H3. The number of aryl methyl sites for hydroxylation is 1. The second-order valence-corrected chi connectivity index (χ2v) is 5.44. The van der Waals surface area contributed by atoms with Gasteiger partial charge < -0.3 is 16.2 Å². The highest BCUT2D eigenvalue weighted by Crippen LogP contribution is 2.22. The summed E-state index contributed by atoms with van der Waals surface area (Å²) in [5.74, 6) is 1.21. The Morgan fingerprint density at radius 3 is 2.57 bits per heavy atom. The van der Waals surface area contributed by atoms with Crippen LogP contribution in [0.25, 0.3) is 11.4 Å². The van der Waals surface area contributed by atoms with Crippen LogP contribution in [0.4, 0.5) is 11.4 Å². The van der Waals surface area contributed by atoms with Gasteiger partial charge in [0.1, 0.15) is 0 Å². The van der Waals surface area contributed by atoms with Gasteiger partial charge in [-0.2, -0.15) is 0 Å². The summed E-state index contributed by atoms with van der Waals surface area (Å²) in [6.45, 7) is 6.41. The van der Waals surface area contributed by atoms with Gasteiger partial charge in [0.05, 0.1) is 0 Å². The molecule has 21 heavy (non-hydrogen) atoms. The van der Waals surface area contributed by atoms with Crippen molar-refractivity contribution in [1.29, 1.82) is 0 Å². The fourth-order valence-corrected chi connectivity index (χ4v) is 2.00. The van der Waals surface area contributed by atoms with Gasteiger partial charge in [-0.1, -0.05) is 13.8 Å². The molecule has 0 aliphatic heterocycles. The molecular formula is C14H22N6O. The molecule has 0 amide bonds. The van der Waals surface area contributed by atoms with E-state index >= 15 is 0 Å². The number of ether oxygens (including phenoxy) is 1. The van der Waals surface area contributed by atoms with Gasteiger partial charge >= 0.3 is 0 Å². The molecule has 0 fully saturated rings. The number of benzene rings is 1. The minimum atomic E-state index is 0.545. The number of rotatable bonds is 7. The first-order chi connectivity index (χ1) is 10.1. The summed E-state index contributed by atoms with van der Waals surface area (Å²) in [7, 11) is 0. The zero-order valence-electron chi connectivity index (χ0n) is 12.5. The topological polar surface area (TPSA) is 105 Å². The molecule has 1 aromatic carbocycles. The van der Waals surface area contributed by atoms with Crippen LogP contribution >= 0.6 is 0 Å². The van der Waals surface area contributed by atoms with Crippen LogP contribution in [0.2, 0.25) is 0 Å². The van der Waals surface area contributed by atoms with Crippen molar-refractivity contribution in [1.82, 2.24) is 20.2 Å². The summed E-state index contributed by atoms with van der Waals surface area (Å²) < 4.78 is 7.30. The zero-order chi connectivity index (χ0) is 15.2. The summed E-state index contributed by atoms with van der Waals surface area (Å²) in [5.41, 5.74) is 13.6. The molecule has 0 saturated heterocycles. The first-order valence-electron chi connectivity index (χ1n) is 7.06. The van der Waals surface area contributed by atoms with Gasteiger partial charge in [-0.3, -0.25) is 0 Å². The van der Waals surface area contributed by atoms with Gasteiger partial charge in [0.25, 0.3) is 0 Å². The average Bonchev–Trinajstić information content (AvgIpc) is 2.85. The zero-order valence-corrected chi connectivity index (χ0v) is 12.5. The Labute approximate surface area is 124 Å². The Morgan fingerprint density at radius 2 is 1.90 bits per heavy atom. The predicted molar refractivity (Wildman–Crippen MR) is 82.4 cm³/mol.